The van der Waals surface area contributed by atoms with Gasteiger partial charge in [-0.25, -0.2) is 8.78 Å². The van der Waals surface area contributed by atoms with E-state index in [0.29, 0.717) is 29.8 Å². The van der Waals surface area contributed by atoms with E-state index in [2.05, 4.69) is 20.0 Å². The highest BCUT2D eigenvalue weighted by molar-refractivity contribution is 5.86. The molecule has 1 saturated heterocycles. The Labute approximate surface area is 143 Å². The van der Waals surface area contributed by atoms with E-state index in [9.17, 15) is 8.78 Å². The molecule has 0 radical (unpaired) electrons. The Hall–Kier alpha value is -2.77. The first-order valence-corrected chi connectivity index (χ1v) is 8.15. The van der Waals surface area contributed by atoms with Gasteiger partial charge in [0.25, 0.3) is 0 Å². The molecule has 2 aromatic heterocycles. The molecule has 1 aromatic carbocycles. The Morgan fingerprint density at radius 3 is 2.88 bits per heavy atom. The van der Waals surface area contributed by atoms with Gasteiger partial charge in [0.15, 0.2) is 17.3 Å². The largest absolute Gasteiger partial charge is 0.383 e. The average molecular weight is 344 g/mol. The fourth-order valence-electron chi connectivity index (χ4n) is 3.35. The first kappa shape index (κ1) is 15.7. The van der Waals surface area contributed by atoms with Crippen molar-refractivity contribution in [2.75, 3.05) is 23.7 Å². The van der Waals surface area contributed by atoms with E-state index < -0.39 is 11.6 Å². The van der Waals surface area contributed by atoms with Crippen LogP contribution in [0.3, 0.4) is 0 Å². The highest BCUT2D eigenvalue weighted by atomic mass is 19.2. The molecular formula is C17H18F2N6. The maximum absolute atomic E-state index is 13.4. The average Bonchev–Trinajstić information content (AvgIpc) is 3.19. The quantitative estimate of drug-likeness (QED) is 0.789. The second-order valence-electron chi connectivity index (χ2n) is 6.47. The lowest BCUT2D eigenvalue weighted by Crippen LogP contribution is -2.23. The summed E-state index contributed by atoms with van der Waals surface area (Å²) in [6.45, 7) is 1.55. The first-order valence-electron chi connectivity index (χ1n) is 8.15. The number of anilines is 2. The van der Waals surface area contributed by atoms with Gasteiger partial charge in [0.2, 0.25) is 5.95 Å². The topological polar surface area (TPSA) is 72.9 Å². The van der Waals surface area contributed by atoms with Gasteiger partial charge < -0.3 is 10.6 Å². The summed E-state index contributed by atoms with van der Waals surface area (Å²) in [5.74, 6) is -0.286. The van der Waals surface area contributed by atoms with Gasteiger partial charge in [-0.3, -0.25) is 4.68 Å². The number of fused-ring (bicyclic) bond motifs is 1. The van der Waals surface area contributed by atoms with Crippen LogP contribution in [0, 0.1) is 17.6 Å². The Kier molecular flexibility index (Phi) is 3.74. The summed E-state index contributed by atoms with van der Waals surface area (Å²) in [7, 11) is 1.81. The number of aromatic nitrogens is 4. The number of rotatable bonds is 3. The van der Waals surface area contributed by atoms with Gasteiger partial charge in [-0.05, 0) is 36.5 Å². The van der Waals surface area contributed by atoms with Crippen LogP contribution in [0.25, 0.3) is 11.0 Å². The van der Waals surface area contributed by atoms with Crippen molar-refractivity contribution in [1.82, 2.24) is 19.7 Å². The van der Waals surface area contributed by atoms with Gasteiger partial charge in [0.05, 0.1) is 11.6 Å². The van der Waals surface area contributed by atoms with Crippen LogP contribution in [-0.2, 0) is 13.5 Å². The van der Waals surface area contributed by atoms with E-state index >= 15 is 0 Å². The molecule has 2 N–H and O–H groups in total. The van der Waals surface area contributed by atoms with Crippen molar-refractivity contribution in [3.05, 3.63) is 41.6 Å². The van der Waals surface area contributed by atoms with Gasteiger partial charge in [0, 0.05) is 20.1 Å². The summed E-state index contributed by atoms with van der Waals surface area (Å²) in [6, 6.07) is 4.09. The monoisotopic (exact) mass is 344 g/mol. The molecule has 0 saturated carbocycles. The van der Waals surface area contributed by atoms with Crippen LogP contribution in [0.2, 0.25) is 0 Å². The van der Waals surface area contributed by atoms with Crippen molar-refractivity contribution in [3.8, 4) is 0 Å². The van der Waals surface area contributed by atoms with Crippen LogP contribution in [0.15, 0.2) is 24.4 Å². The summed E-state index contributed by atoms with van der Waals surface area (Å²) in [5, 5.41) is 4.90. The number of halogens is 2. The van der Waals surface area contributed by atoms with E-state index in [4.69, 9.17) is 5.73 Å². The highest BCUT2D eigenvalue weighted by Crippen LogP contribution is 2.27. The van der Waals surface area contributed by atoms with Crippen LogP contribution in [-0.4, -0.2) is 32.8 Å². The maximum atomic E-state index is 13.4. The zero-order chi connectivity index (χ0) is 17.6. The van der Waals surface area contributed by atoms with Crippen molar-refractivity contribution in [3.63, 3.8) is 0 Å². The van der Waals surface area contributed by atoms with Crippen LogP contribution in [0.1, 0.15) is 12.0 Å². The summed E-state index contributed by atoms with van der Waals surface area (Å²) >= 11 is 0. The van der Waals surface area contributed by atoms with Crippen LogP contribution < -0.4 is 10.6 Å². The molecule has 4 rings (SSSR count). The van der Waals surface area contributed by atoms with Gasteiger partial charge in [-0.15, -0.1) is 0 Å². The Balaban J connectivity index is 1.52. The number of hydrogen-bond donors (Lipinski definition) is 1. The number of aryl methyl sites for hydroxylation is 1. The molecule has 1 aliphatic heterocycles. The maximum Gasteiger partial charge on any atom is 0.229 e. The molecule has 0 aliphatic carbocycles. The van der Waals surface area contributed by atoms with Crippen LogP contribution in [0.5, 0.6) is 0 Å². The molecule has 1 fully saturated rings. The molecule has 1 aliphatic rings. The minimum absolute atomic E-state index is 0.330. The smallest absolute Gasteiger partial charge is 0.229 e. The standard InChI is InChI=1S/C17H18F2N6/c1-24-16-12(8-21-24)15(20)22-17(23-16)25-5-4-11(9-25)6-10-2-3-13(18)14(19)7-10/h2-3,7-8,11H,4-6,9H2,1H3,(H2,20,22,23)/t11-/m1/s1. The lowest BCUT2D eigenvalue weighted by molar-refractivity contribution is 0.503. The lowest BCUT2D eigenvalue weighted by atomic mass is 9.98. The summed E-state index contributed by atoms with van der Waals surface area (Å²) in [4.78, 5) is 11.0. The summed E-state index contributed by atoms with van der Waals surface area (Å²) < 4.78 is 28.1. The van der Waals surface area contributed by atoms with Crippen molar-refractivity contribution in [2.45, 2.75) is 12.8 Å². The number of nitrogen functional groups attached to an aromatic ring is 1. The molecule has 0 bridgehead atoms. The number of benzene rings is 1. The summed E-state index contributed by atoms with van der Waals surface area (Å²) in [6.07, 6.45) is 3.28. The minimum Gasteiger partial charge on any atom is -0.383 e. The Morgan fingerprint density at radius 2 is 2.08 bits per heavy atom. The van der Waals surface area contributed by atoms with E-state index in [1.807, 2.05) is 7.05 Å². The molecular weight excluding hydrogens is 326 g/mol. The molecule has 1 atom stereocenters. The molecule has 8 heteroatoms. The van der Waals surface area contributed by atoms with E-state index in [1.165, 1.54) is 12.1 Å². The molecule has 3 heterocycles. The lowest BCUT2D eigenvalue weighted by Gasteiger charge is -2.17. The third kappa shape index (κ3) is 2.88. The highest BCUT2D eigenvalue weighted by Gasteiger charge is 2.26. The molecule has 130 valence electrons. The SMILES string of the molecule is Cn1ncc2c(N)nc(N3CC[C@H](Cc4ccc(F)c(F)c4)C3)nc21. The van der Waals surface area contributed by atoms with Crippen LogP contribution in [0.4, 0.5) is 20.5 Å². The second-order valence-corrected chi connectivity index (χ2v) is 6.47. The third-order valence-electron chi connectivity index (χ3n) is 4.69. The van der Waals surface area contributed by atoms with Crippen molar-refractivity contribution in [1.29, 1.82) is 0 Å². The Morgan fingerprint density at radius 1 is 1.24 bits per heavy atom. The molecule has 3 aromatic rings. The van der Waals surface area contributed by atoms with Gasteiger partial charge in [-0.1, -0.05) is 6.07 Å². The van der Waals surface area contributed by atoms with E-state index in [-0.39, 0.29) is 0 Å². The van der Waals surface area contributed by atoms with Crippen molar-refractivity contribution >= 4 is 22.8 Å². The summed E-state index contributed by atoms with van der Waals surface area (Å²) in [5.41, 5.74) is 7.52. The molecule has 0 spiro atoms. The molecule has 6 nitrogen and oxygen atoms in total. The molecule has 0 amide bonds. The minimum atomic E-state index is -0.815. The normalized spacial score (nSPS) is 17.6. The zero-order valence-electron chi connectivity index (χ0n) is 13.8. The predicted molar refractivity (Wildman–Crippen MR) is 91.1 cm³/mol. The number of nitrogens with two attached hydrogens (primary N) is 1. The van der Waals surface area contributed by atoms with Crippen molar-refractivity contribution < 1.29 is 8.78 Å². The first-order chi connectivity index (χ1) is 12.0. The number of hydrogen-bond acceptors (Lipinski definition) is 5. The molecule has 0 unspecified atom stereocenters. The predicted octanol–water partition coefficient (Wildman–Crippen LogP) is 2.29. The van der Waals surface area contributed by atoms with Crippen LogP contribution >= 0.6 is 0 Å². The third-order valence-corrected chi connectivity index (χ3v) is 4.69. The fourth-order valence-corrected chi connectivity index (χ4v) is 3.35. The molecule has 25 heavy (non-hydrogen) atoms. The van der Waals surface area contributed by atoms with Crippen molar-refractivity contribution in [2.24, 2.45) is 13.0 Å². The van der Waals surface area contributed by atoms with Gasteiger partial charge in [-0.2, -0.15) is 15.1 Å². The second kappa shape index (κ2) is 5.94. The Bertz CT molecular complexity index is 938. The van der Waals surface area contributed by atoms with Gasteiger partial charge in [0.1, 0.15) is 5.82 Å². The van der Waals surface area contributed by atoms with E-state index in [0.717, 1.165) is 30.5 Å². The fraction of sp³-hybridized carbons (Fsp3) is 0.353. The zero-order valence-corrected chi connectivity index (χ0v) is 13.8. The number of nitrogens with zero attached hydrogens (tertiary/aromatic N) is 5. The van der Waals surface area contributed by atoms with E-state index in [1.54, 1.807) is 16.9 Å². The van der Waals surface area contributed by atoms with Gasteiger partial charge >= 0.3 is 0 Å².